The molecule has 1 aromatic carbocycles. The number of carbonyl (C=O) groups excluding carboxylic acids is 1. The second-order valence-corrected chi connectivity index (χ2v) is 8.66. The molecule has 0 saturated carbocycles. The number of aryl methyl sites for hydroxylation is 2. The van der Waals surface area contributed by atoms with Gasteiger partial charge in [-0.3, -0.25) is 4.98 Å². The second-order valence-electron chi connectivity index (χ2n) is 7.35. The Balaban J connectivity index is 1.77. The number of benzene rings is 1. The van der Waals surface area contributed by atoms with Crippen molar-refractivity contribution in [2.75, 3.05) is 26.0 Å². The molecule has 4 rings (SSSR count). The van der Waals surface area contributed by atoms with Crippen LogP contribution in [0.1, 0.15) is 42.1 Å². The van der Waals surface area contributed by atoms with Crippen LogP contribution in [0.4, 0.5) is 4.79 Å². The van der Waals surface area contributed by atoms with Crippen molar-refractivity contribution in [2.45, 2.75) is 37.5 Å². The molecule has 0 N–H and O–H groups in total. The molecule has 2 aliphatic rings. The van der Waals surface area contributed by atoms with Crippen molar-refractivity contribution in [3.63, 3.8) is 0 Å². The van der Waals surface area contributed by atoms with Crippen molar-refractivity contribution in [3.05, 3.63) is 63.4 Å². The van der Waals surface area contributed by atoms with E-state index in [1.54, 1.807) is 16.7 Å². The number of piperidine rings is 1. The van der Waals surface area contributed by atoms with Gasteiger partial charge in [-0.2, -0.15) is 0 Å². The normalized spacial score (nSPS) is 16.2. The number of carbonyl (C=O) groups is 1. The Kier molecular flexibility index (Phi) is 6.16. The number of ether oxygens (including phenoxy) is 1. The van der Waals surface area contributed by atoms with E-state index in [1.165, 1.54) is 32.7 Å². The van der Waals surface area contributed by atoms with Crippen molar-refractivity contribution in [1.82, 2.24) is 9.88 Å². The topological polar surface area (TPSA) is 42.4 Å². The van der Waals surface area contributed by atoms with Crippen molar-refractivity contribution in [3.8, 4) is 0 Å². The van der Waals surface area contributed by atoms with Gasteiger partial charge in [-0.15, -0.1) is 11.8 Å². The summed E-state index contributed by atoms with van der Waals surface area (Å²) in [4.78, 5) is 20.0. The maximum atomic E-state index is 12.1. The van der Waals surface area contributed by atoms with Crippen LogP contribution in [-0.4, -0.2) is 41.9 Å². The van der Waals surface area contributed by atoms with Crippen LogP contribution in [0, 0.1) is 0 Å². The lowest BCUT2D eigenvalue weighted by Crippen LogP contribution is -2.37. The van der Waals surface area contributed by atoms with E-state index in [1.807, 2.05) is 19.2 Å². The summed E-state index contributed by atoms with van der Waals surface area (Å²) >= 11 is 8.03. The van der Waals surface area contributed by atoms with Gasteiger partial charge in [0.15, 0.2) is 0 Å². The molecule has 1 saturated heterocycles. The molecule has 1 amide bonds. The fraction of sp³-hybridized carbons (Fsp3) is 0.391. The number of halogens is 1. The average molecular weight is 429 g/mol. The number of nitrogens with zero attached hydrogens (tertiary/aromatic N) is 2. The fourth-order valence-corrected chi connectivity index (χ4v) is 4.82. The summed E-state index contributed by atoms with van der Waals surface area (Å²) in [6.07, 6.45) is 7.41. The Morgan fingerprint density at radius 1 is 1.17 bits per heavy atom. The molecule has 1 aliphatic heterocycles. The predicted molar refractivity (Wildman–Crippen MR) is 119 cm³/mol. The number of rotatable bonds is 2. The minimum Gasteiger partial charge on any atom is -0.450 e. The maximum Gasteiger partial charge on any atom is 0.409 e. The van der Waals surface area contributed by atoms with Gasteiger partial charge in [-0.05, 0) is 73.8 Å². The number of hydrogen-bond donors (Lipinski definition) is 0. The van der Waals surface area contributed by atoms with E-state index in [0.717, 1.165) is 36.4 Å². The van der Waals surface area contributed by atoms with Gasteiger partial charge in [0.25, 0.3) is 0 Å². The van der Waals surface area contributed by atoms with E-state index in [2.05, 4.69) is 24.5 Å². The zero-order chi connectivity index (χ0) is 20.4. The first-order chi connectivity index (χ1) is 14.1. The summed E-state index contributed by atoms with van der Waals surface area (Å²) in [6, 6.07) is 8.47. The molecule has 2 aromatic rings. The van der Waals surface area contributed by atoms with Gasteiger partial charge in [0.1, 0.15) is 0 Å². The molecule has 0 spiro atoms. The summed E-state index contributed by atoms with van der Waals surface area (Å²) in [5, 5.41) is 0.772. The van der Waals surface area contributed by atoms with E-state index in [-0.39, 0.29) is 6.09 Å². The molecule has 4 nitrogen and oxygen atoms in total. The van der Waals surface area contributed by atoms with Gasteiger partial charge in [0, 0.05) is 34.8 Å². The van der Waals surface area contributed by atoms with E-state index in [0.29, 0.717) is 19.7 Å². The Bertz CT molecular complexity index is 963. The molecule has 152 valence electrons. The van der Waals surface area contributed by atoms with Crippen LogP contribution in [0.2, 0.25) is 5.02 Å². The molecular formula is C23H25ClN2O2S. The van der Waals surface area contributed by atoms with E-state index in [9.17, 15) is 4.79 Å². The van der Waals surface area contributed by atoms with Gasteiger partial charge in [0.05, 0.1) is 12.3 Å². The highest BCUT2D eigenvalue weighted by Crippen LogP contribution is 2.39. The molecule has 1 aromatic heterocycles. The van der Waals surface area contributed by atoms with Crippen LogP contribution < -0.4 is 0 Å². The molecule has 0 atom stereocenters. The lowest BCUT2D eigenvalue weighted by molar-refractivity contribution is 0.104. The smallest absolute Gasteiger partial charge is 0.409 e. The van der Waals surface area contributed by atoms with Crippen LogP contribution in [0.25, 0.3) is 5.57 Å². The summed E-state index contributed by atoms with van der Waals surface area (Å²) in [7, 11) is 0. The standard InChI is InChI=1S/C23H25ClN2O2S/c1-3-28-23(27)26-10-8-15(9-11-26)21-20-7-6-18(24)12-16(20)4-5-17-13-19(29-2)14-25-22(17)21/h6-7,12-14H,3-5,8-11H2,1-2H3. The predicted octanol–water partition coefficient (Wildman–Crippen LogP) is 5.61. The number of hydrogen-bond acceptors (Lipinski definition) is 4. The van der Waals surface area contributed by atoms with Crippen LogP contribution in [0.3, 0.4) is 0 Å². The third kappa shape index (κ3) is 4.17. The number of aromatic nitrogens is 1. The quantitative estimate of drug-likeness (QED) is 0.583. The molecule has 1 fully saturated rings. The fourth-order valence-electron chi connectivity index (χ4n) is 4.21. The first kappa shape index (κ1) is 20.3. The Hall–Kier alpha value is -1.98. The second kappa shape index (κ2) is 8.80. The van der Waals surface area contributed by atoms with E-state index >= 15 is 0 Å². The molecular weight excluding hydrogens is 404 g/mol. The average Bonchev–Trinajstić information content (AvgIpc) is 2.90. The first-order valence-corrected chi connectivity index (χ1v) is 11.7. The molecule has 29 heavy (non-hydrogen) atoms. The Morgan fingerprint density at radius 2 is 1.93 bits per heavy atom. The molecule has 0 unspecified atom stereocenters. The highest BCUT2D eigenvalue weighted by atomic mass is 35.5. The van der Waals surface area contributed by atoms with Crippen LogP contribution in [0.15, 0.2) is 40.9 Å². The largest absolute Gasteiger partial charge is 0.450 e. The lowest BCUT2D eigenvalue weighted by Gasteiger charge is -2.29. The van der Waals surface area contributed by atoms with Gasteiger partial charge in [-0.25, -0.2) is 4.79 Å². The van der Waals surface area contributed by atoms with Gasteiger partial charge in [-0.1, -0.05) is 23.2 Å². The highest BCUT2D eigenvalue weighted by Gasteiger charge is 2.27. The molecule has 1 aliphatic carbocycles. The van der Waals surface area contributed by atoms with Crippen LogP contribution >= 0.6 is 23.4 Å². The monoisotopic (exact) mass is 428 g/mol. The third-order valence-electron chi connectivity index (χ3n) is 5.66. The van der Waals surface area contributed by atoms with Gasteiger partial charge in [0.2, 0.25) is 0 Å². The molecule has 6 heteroatoms. The van der Waals surface area contributed by atoms with E-state index in [4.69, 9.17) is 21.3 Å². The molecule has 2 heterocycles. The summed E-state index contributed by atoms with van der Waals surface area (Å²) in [5.74, 6) is 0. The zero-order valence-electron chi connectivity index (χ0n) is 16.8. The van der Waals surface area contributed by atoms with Gasteiger partial charge >= 0.3 is 6.09 Å². The maximum absolute atomic E-state index is 12.1. The first-order valence-electron chi connectivity index (χ1n) is 10.1. The number of fused-ring (bicyclic) bond motifs is 2. The highest BCUT2D eigenvalue weighted by molar-refractivity contribution is 7.98. The number of thioether (sulfide) groups is 1. The van der Waals surface area contributed by atoms with Crippen molar-refractivity contribution in [2.24, 2.45) is 0 Å². The lowest BCUT2D eigenvalue weighted by atomic mass is 9.88. The number of amides is 1. The molecule has 0 bridgehead atoms. The zero-order valence-corrected chi connectivity index (χ0v) is 18.4. The van der Waals surface area contributed by atoms with Crippen molar-refractivity contribution in [1.29, 1.82) is 0 Å². The minimum atomic E-state index is -0.215. The summed E-state index contributed by atoms with van der Waals surface area (Å²) < 4.78 is 5.17. The number of likely N-dealkylation sites (tertiary alicyclic amines) is 1. The summed E-state index contributed by atoms with van der Waals surface area (Å²) in [5.41, 5.74) is 7.48. The Labute approximate surface area is 181 Å². The summed E-state index contributed by atoms with van der Waals surface area (Å²) in [6.45, 7) is 3.61. The Morgan fingerprint density at radius 3 is 2.66 bits per heavy atom. The van der Waals surface area contributed by atoms with Crippen LogP contribution in [0.5, 0.6) is 0 Å². The number of pyridine rings is 1. The van der Waals surface area contributed by atoms with Crippen LogP contribution in [-0.2, 0) is 17.6 Å². The molecule has 0 radical (unpaired) electrons. The SMILES string of the molecule is CCOC(=O)N1CCC(=C2c3ccc(Cl)cc3CCc3cc(SC)cnc32)CC1. The van der Waals surface area contributed by atoms with E-state index < -0.39 is 0 Å². The van der Waals surface area contributed by atoms with Crippen molar-refractivity contribution >= 4 is 35.0 Å². The third-order valence-corrected chi connectivity index (χ3v) is 6.59. The van der Waals surface area contributed by atoms with Crippen molar-refractivity contribution < 1.29 is 9.53 Å². The minimum absolute atomic E-state index is 0.215. The van der Waals surface area contributed by atoms with Gasteiger partial charge < -0.3 is 9.64 Å².